The summed E-state index contributed by atoms with van der Waals surface area (Å²) in [5.74, 6) is -1.61. The molecule has 0 heterocycles. The molecule has 0 bridgehead atoms. The summed E-state index contributed by atoms with van der Waals surface area (Å²) in [4.78, 5) is 38.4. The van der Waals surface area contributed by atoms with E-state index in [4.69, 9.17) is 9.47 Å². The predicted octanol–water partition coefficient (Wildman–Crippen LogP) is 3.01. The second kappa shape index (κ2) is 9.62. The Balaban J connectivity index is 1.44. The molecule has 0 aromatic heterocycles. The molecule has 2 aliphatic carbocycles. The zero-order valence-electron chi connectivity index (χ0n) is 18.6. The molecule has 8 nitrogen and oxygen atoms in total. The number of carboxylic acids is 1. The average Bonchev–Trinajstić information content (AvgIpc) is 3.11. The third kappa shape index (κ3) is 4.57. The summed E-state index contributed by atoms with van der Waals surface area (Å²) >= 11 is 0. The van der Waals surface area contributed by atoms with Gasteiger partial charge in [0.05, 0.1) is 6.61 Å². The van der Waals surface area contributed by atoms with E-state index >= 15 is 0 Å². The first kappa shape index (κ1) is 22.8. The number of carbonyl (C=O) groups excluding carboxylic acids is 2. The Morgan fingerprint density at radius 1 is 1.06 bits per heavy atom. The first-order valence-electron chi connectivity index (χ1n) is 11.1. The molecular weight excluding hydrogens is 424 g/mol. The number of alkyl carbamates (subject to hydrolysis) is 1. The number of amides is 2. The van der Waals surface area contributed by atoms with E-state index in [1.54, 1.807) is 0 Å². The van der Waals surface area contributed by atoms with Crippen LogP contribution < -0.4 is 5.32 Å². The zero-order valence-corrected chi connectivity index (χ0v) is 18.6. The molecule has 33 heavy (non-hydrogen) atoms. The number of ether oxygens (including phenoxy) is 2. The highest BCUT2D eigenvalue weighted by molar-refractivity contribution is 5.92. The Labute approximate surface area is 192 Å². The van der Waals surface area contributed by atoms with E-state index in [-0.39, 0.29) is 25.7 Å². The predicted molar refractivity (Wildman–Crippen MR) is 121 cm³/mol. The van der Waals surface area contributed by atoms with E-state index < -0.39 is 30.1 Å². The number of hydrogen-bond donors (Lipinski definition) is 2. The van der Waals surface area contributed by atoms with Crippen LogP contribution in [0.3, 0.4) is 0 Å². The third-order valence-corrected chi connectivity index (χ3v) is 6.48. The van der Waals surface area contributed by atoms with Gasteiger partial charge in [-0.2, -0.15) is 0 Å². The van der Waals surface area contributed by atoms with Crippen LogP contribution in [0.4, 0.5) is 4.79 Å². The minimum absolute atomic E-state index is 0.0820. The van der Waals surface area contributed by atoms with Crippen molar-refractivity contribution in [2.75, 3.05) is 33.4 Å². The fourth-order valence-electron chi connectivity index (χ4n) is 4.67. The summed E-state index contributed by atoms with van der Waals surface area (Å²) in [6.07, 6.45) is 0.977. The second-order valence-corrected chi connectivity index (χ2v) is 8.50. The van der Waals surface area contributed by atoms with Crippen LogP contribution >= 0.6 is 0 Å². The van der Waals surface area contributed by atoms with Gasteiger partial charge < -0.3 is 24.8 Å². The Bertz CT molecular complexity index is 1000. The fourth-order valence-corrected chi connectivity index (χ4v) is 4.67. The number of carboxylic acid groups (broad SMARTS) is 1. The number of nitrogens with one attached hydrogen (secondary N) is 1. The highest BCUT2D eigenvalue weighted by Gasteiger charge is 2.48. The Hall–Kier alpha value is -3.39. The van der Waals surface area contributed by atoms with Crippen molar-refractivity contribution in [2.24, 2.45) is 0 Å². The van der Waals surface area contributed by atoms with Gasteiger partial charge in [-0.15, -0.1) is 0 Å². The lowest BCUT2D eigenvalue weighted by atomic mass is 9.75. The molecular formula is C25H28N2O6. The standard InChI is InChI=1S/C25H28N2O6/c1-32-14-13-27(15-22(28)29)23(30)25(11-6-12-25)26-24(31)33-16-21-19-9-4-2-7-17(19)18-8-3-5-10-20(18)21/h2-5,7-10,21H,6,11-16H2,1H3,(H,26,31)(H,28,29). The molecule has 0 atom stereocenters. The van der Waals surface area contributed by atoms with Gasteiger partial charge in [0.2, 0.25) is 5.91 Å². The highest BCUT2D eigenvalue weighted by atomic mass is 16.5. The van der Waals surface area contributed by atoms with Gasteiger partial charge in [0.1, 0.15) is 18.7 Å². The Kier molecular flexibility index (Phi) is 6.65. The fraction of sp³-hybridized carbons (Fsp3) is 0.400. The van der Waals surface area contributed by atoms with E-state index in [1.807, 2.05) is 36.4 Å². The van der Waals surface area contributed by atoms with Gasteiger partial charge in [-0.1, -0.05) is 48.5 Å². The van der Waals surface area contributed by atoms with Crippen LogP contribution in [0.1, 0.15) is 36.3 Å². The average molecular weight is 453 g/mol. The topological polar surface area (TPSA) is 105 Å². The summed E-state index contributed by atoms with van der Waals surface area (Å²) in [6, 6.07) is 16.1. The van der Waals surface area contributed by atoms with Crippen molar-refractivity contribution >= 4 is 18.0 Å². The molecule has 1 saturated carbocycles. The number of aliphatic carboxylic acids is 1. The Morgan fingerprint density at radius 3 is 2.18 bits per heavy atom. The lowest BCUT2D eigenvalue weighted by Crippen LogP contribution is -2.64. The molecule has 174 valence electrons. The van der Waals surface area contributed by atoms with E-state index in [1.165, 1.54) is 12.0 Å². The molecule has 2 aromatic rings. The summed E-state index contributed by atoms with van der Waals surface area (Å²) in [5, 5.41) is 11.9. The maximum absolute atomic E-state index is 13.1. The van der Waals surface area contributed by atoms with E-state index in [2.05, 4.69) is 17.4 Å². The molecule has 2 N–H and O–H groups in total. The number of methoxy groups -OCH3 is 1. The van der Waals surface area contributed by atoms with E-state index in [0.29, 0.717) is 12.8 Å². The molecule has 2 amide bonds. The lowest BCUT2D eigenvalue weighted by Gasteiger charge is -2.43. The smallest absolute Gasteiger partial charge is 0.408 e. The van der Waals surface area contributed by atoms with Crippen molar-refractivity contribution in [2.45, 2.75) is 30.7 Å². The SMILES string of the molecule is COCCN(CC(=O)O)C(=O)C1(NC(=O)OCC2c3ccccc3-c3ccccc32)CCC1. The van der Waals surface area contributed by atoms with Gasteiger partial charge >= 0.3 is 12.1 Å². The summed E-state index contributed by atoms with van der Waals surface area (Å²) in [5.41, 5.74) is 3.35. The number of nitrogens with zero attached hydrogens (tertiary/aromatic N) is 1. The summed E-state index contributed by atoms with van der Waals surface area (Å²) in [6.45, 7) is 0.0404. The van der Waals surface area contributed by atoms with Crippen molar-refractivity contribution in [3.63, 3.8) is 0 Å². The van der Waals surface area contributed by atoms with Crippen molar-refractivity contribution in [3.8, 4) is 11.1 Å². The van der Waals surface area contributed by atoms with Crippen LogP contribution in [0.5, 0.6) is 0 Å². The van der Waals surface area contributed by atoms with Crippen molar-refractivity contribution < 1.29 is 29.0 Å². The number of rotatable bonds is 9. The first-order chi connectivity index (χ1) is 15.9. The number of hydrogen-bond acceptors (Lipinski definition) is 5. The molecule has 4 rings (SSSR count). The monoisotopic (exact) mass is 452 g/mol. The van der Waals surface area contributed by atoms with Gasteiger partial charge in [-0.05, 0) is 41.5 Å². The largest absolute Gasteiger partial charge is 0.480 e. The highest BCUT2D eigenvalue weighted by Crippen LogP contribution is 2.44. The van der Waals surface area contributed by atoms with Gasteiger partial charge in [0, 0.05) is 19.6 Å². The van der Waals surface area contributed by atoms with E-state index in [0.717, 1.165) is 28.7 Å². The van der Waals surface area contributed by atoms with Crippen LogP contribution in [-0.2, 0) is 19.1 Å². The van der Waals surface area contributed by atoms with Crippen LogP contribution in [0.25, 0.3) is 11.1 Å². The molecule has 8 heteroatoms. The number of fused-ring (bicyclic) bond motifs is 3. The number of carbonyl (C=O) groups is 3. The number of benzene rings is 2. The molecule has 1 fully saturated rings. The summed E-state index contributed by atoms with van der Waals surface area (Å²) in [7, 11) is 1.48. The van der Waals surface area contributed by atoms with Crippen LogP contribution in [-0.4, -0.2) is 66.9 Å². The molecule has 0 radical (unpaired) electrons. The lowest BCUT2D eigenvalue weighted by molar-refractivity contribution is -0.150. The van der Waals surface area contributed by atoms with Gasteiger partial charge in [-0.25, -0.2) is 4.79 Å². The molecule has 0 spiro atoms. The van der Waals surface area contributed by atoms with Crippen LogP contribution in [0, 0.1) is 0 Å². The van der Waals surface area contributed by atoms with Crippen LogP contribution in [0.15, 0.2) is 48.5 Å². The van der Waals surface area contributed by atoms with E-state index in [9.17, 15) is 19.5 Å². The Morgan fingerprint density at radius 2 is 1.67 bits per heavy atom. The second-order valence-electron chi connectivity index (χ2n) is 8.50. The normalized spacial score (nSPS) is 15.7. The molecule has 0 saturated heterocycles. The maximum Gasteiger partial charge on any atom is 0.408 e. The molecule has 0 unspecified atom stereocenters. The molecule has 0 aliphatic heterocycles. The van der Waals surface area contributed by atoms with Crippen LogP contribution in [0.2, 0.25) is 0 Å². The summed E-state index contributed by atoms with van der Waals surface area (Å²) < 4.78 is 10.6. The minimum atomic E-state index is -1.13. The van der Waals surface area contributed by atoms with Gasteiger partial charge in [0.25, 0.3) is 0 Å². The zero-order chi connectivity index (χ0) is 23.4. The third-order valence-electron chi connectivity index (χ3n) is 6.48. The molecule has 2 aliphatic rings. The molecule has 2 aromatic carbocycles. The van der Waals surface area contributed by atoms with Crippen molar-refractivity contribution in [3.05, 3.63) is 59.7 Å². The minimum Gasteiger partial charge on any atom is -0.480 e. The van der Waals surface area contributed by atoms with Gasteiger partial charge in [0.15, 0.2) is 0 Å². The first-order valence-corrected chi connectivity index (χ1v) is 11.1. The quantitative estimate of drug-likeness (QED) is 0.606. The van der Waals surface area contributed by atoms with Gasteiger partial charge in [-0.3, -0.25) is 9.59 Å². The van der Waals surface area contributed by atoms with Crippen molar-refractivity contribution in [1.82, 2.24) is 10.2 Å². The maximum atomic E-state index is 13.1. The van der Waals surface area contributed by atoms with Crippen molar-refractivity contribution in [1.29, 1.82) is 0 Å².